The first-order valence-corrected chi connectivity index (χ1v) is 6.82. The molecular formula is C15H22FNO. The summed E-state index contributed by atoms with van der Waals surface area (Å²) in [6.45, 7) is 8.16. The summed E-state index contributed by atoms with van der Waals surface area (Å²) < 4.78 is 19.9. The molecule has 100 valence electrons. The third-order valence-corrected chi connectivity index (χ3v) is 3.45. The number of allylic oxidation sites excluding steroid dienone is 3. The van der Waals surface area contributed by atoms with Crippen molar-refractivity contribution in [1.82, 2.24) is 4.90 Å². The van der Waals surface area contributed by atoms with Crippen molar-refractivity contribution in [2.75, 3.05) is 19.7 Å². The highest BCUT2D eigenvalue weighted by Gasteiger charge is 2.24. The van der Waals surface area contributed by atoms with Crippen LogP contribution in [-0.4, -0.2) is 24.6 Å². The van der Waals surface area contributed by atoms with Crippen LogP contribution >= 0.6 is 0 Å². The summed E-state index contributed by atoms with van der Waals surface area (Å²) in [6.07, 6.45) is 8.15. The lowest BCUT2D eigenvalue weighted by molar-refractivity contribution is 0.199. The highest BCUT2D eigenvalue weighted by atomic mass is 19.1. The molecule has 0 N–H and O–H groups in total. The Morgan fingerprint density at radius 2 is 2.06 bits per heavy atom. The van der Waals surface area contributed by atoms with E-state index in [0.717, 1.165) is 25.9 Å². The van der Waals surface area contributed by atoms with E-state index in [1.54, 1.807) is 12.2 Å². The van der Waals surface area contributed by atoms with E-state index in [1.807, 2.05) is 11.8 Å². The van der Waals surface area contributed by atoms with Gasteiger partial charge in [0.05, 0.1) is 12.3 Å². The van der Waals surface area contributed by atoms with Crippen LogP contribution in [0.25, 0.3) is 0 Å². The summed E-state index contributed by atoms with van der Waals surface area (Å²) >= 11 is 0. The van der Waals surface area contributed by atoms with Crippen molar-refractivity contribution in [3.8, 4) is 0 Å². The van der Waals surface area contributed by atoms with Gasteiger partial charge in [-0.2, -0.15) is 0 Å². The van der Waals surface area contributed by atoms with E-state index in [2.05, 4.69) is 6.58 Å². The lowest BCUT2D eigenvalue weighted by Crippen LogP contribution is -2.19. The summed E-state index contributed by atoms with van der Waals surface area (Å²) in [5, 5.41) is 0. The molecule has 1 saturated heterocycles. The van der Waals surface area contributed by atoms with Gasteiger partial charge in [0.1, 0.15) is 0 Å². The maximum atomic E-state index is 14.3. The third kappa shape index (κ3) is 3.37. The molecule has 3 heteroatoms. The summed E-state index contributed by atoms with van der Waals surface area (Å²) in [6, 6.07) is 0. The Kier molecular flexibility index (Phi) is 4.45. The smallest absolute Gasteiger partial charge is 0.187 e. The molecule has 0 unspecified atom stereocenters. The first kappa shape index (κ1) is 13.2. The minimum absolute atomic E-state index is 0.310. The standard InChI is InChI=1S/C15H22FNO/c1-3-6-14(18-11-13-7-8-13)15(16)12(2)17-9-4-5-10-17/h3,6,13H,2,4-5,7-11H2,1H3/b6-3-,15-14-. The molecule has 0 atom stereocenters. The van der Waals surface area contributed by atoms with Gasteiger partial charge in [-0.15, -0.1) is 0 Å². The lowest BCUT2D eigenvalue weighted by Gasteiger charge is -2.20. The Morgan fingerprint density at radius 3 is 2.61 bits per heavy atom. The van der Waals surface area contributed by atoms with E-state index in [4.69, 9.17) is 4.74 Å². The van der Waals surface area contributed by atoms with Crippen molar-refractivity contribution in [2.45, 2.75) is 32.6 Å². The van der Waals surface area contributed by atoms with Gasteiger partial charge in [-0.3, -0.25) is 0 Å². The van der Waals surface area contributed by atoms with Crippen LogP contribution in [0.1, 0.15) is 32.6 Å². The van der Waals surface area contributed by atoms with E-state index in [1.165, 1.54) is 12.8 Å². The molecule has 0 aromatic carbocycles. The molecule has 1 aliphatic heterocycles. The molecule has 2 aliphatic rings. The average molecular weight is 251 g/mol. The predicted molar refractivity (Wildman–Crippen MR) is 71.6 cm³/mol. The normalized spacial score (nSPS) is 21.3. The molecular weight excluding hydrogens is 229 g/mol. The molecule has 2 nitrogen and oxygen atoms in total. The monoisotopic (exact) mass is 251 g/mol. The fraction of sp³-hybridized carbons (Fsp3) is 0.600. The van der Waals surface area contributed by atoms with Gasteiger partial charge in [-0.25, -0.2) is 4.39 Å². The first-order valence-electron chi connectivity index (χ1n) is 6.82. The van der Waals surface area contributed by atoms with E-state index >= 15 is 0 Å². The van der Waals surface area contributed by atoms with Crippen molar-refractivity contribution in [3.05, 3.63) is 36.0 Å². The molecule has 0 amide bonds. The highest BCUT2D eigenvalue weighted by Crippen LogP contribution is 2.31. The Morgan fingerprint density at radius 1 is 1.39 bits per heavy atom. The summed E-state index contributed by atoms with van der Waals surface area (Å²) in [5.74, 6) is 0.648. The molecule has 1 saturated carbocycles. The molecule has 0 aromatic rings. The van der Waals surface area contributed by atoms with Crippen LogP contribution in [-0.2, 0) is 4.74 Å². The van der Waals surface area contributed by atoms with Crippen molar-refractivity contribution in [1.29, 1.82) is 0 Å². The van der Waals surface area contributed by atoms with Gasteiger partial charge >= 0.3 is 0 Å². The summed E-state index contributed by atoms with van der Waals surface area (Å²) in [4.78, 5) is 2.00. The minimum Gasteiger partial charge on any atom is -0.490 e. The fourth-order valence-electron chi connectivity index (χ4n) is 2.10. The highest BCUT2D eigenvalue weighted by molar-refractivity contribution is 5.30. The topological polar surface area (TPSA) is 12.5 Å². The van der Waals surface area contributed by atoms with Gasteiger partial charge in [0.25, 0.3) is 0 Å². The molecule has 18 heavy (non-hydrogen) atoms. The van der Waals surface area contributed by atoms with Crippen LogP contribution in [0.3, 0.4) is 0 Å². The molecule has 0 radical (unpaired) electrons. The Bertz CT molecular complexity index is 363. The van der Waals surface area contributed by atoms with Gasteiger partial charge < -0.3 is 9.64 Å². The van der Waals surface area contributed by atoms with Crippen LogP contribution in [0.15, 0.2) is 36.0 Å². The number of nitrogens with zero attached hydrogens (tertiary/aromatic N) is 1. The Labute approximate surface area is 109 Å². The molecule has 0 spiro atoms. The number of hydrogen-bond donors (Lipinski definition) is 0. The van der Waals surface area contributed by atoms with E-state index in [0.29, 0.717) is 24.0 Å². The van der Waals surface area contributed by atoms with Crippen LogP contribution in [0.5, 0.6) is 0 Å². The zero-order valence-corrected chi connectivity index (χ0v) is 11.1. The van der Waals surface area contributed by atoms with Gasteiger partial charge in [0, 0.05) is 13.1 Å². The third-order valence-electron chi connectivity index (χ3n) is 3.45. The SMILES string of the molecule is C=C(/C(F)=C(\C=C/C)OCC1CC1)N1CCCC1. The van der Waals surface area contributed by atoms with Crippen LogP contribution in [0, 0.1) is 5.92 Å². The van der Waals surface area contributed by atoms with Crippen molar-refractivity contribution >= 4 is 0 Å². The average Bonchev–Trinajstić information content (AvgIpc) is 3.04. The molecule has 1 heterocycles. The molecule has 0 aromatic heterocycles. The first-order chi connectivity index (χ1) is 8.72. The second-order valence-corrected chi connectivity index (χ2v) is 5.07. The summed E-state index contributed by atoms with van der Waals surface area (Å²) in [5.41, 5.74) is 0.469. The predicted octanol–water partition coefficient (Wildman–Crippen LogP) is 3.78. The number of likely N-dealkylation sites (tertiary alicyclic amines) is 1. The number of rotatable bonds is 6. The van der Waals surface area contributed by atoms with Crippen molar-refractivity contribution < 1.29 is 9.13 Å². The van der Waals surface area contributed by atoms with Gasteiger partial charge in [-0.1, -0.05) is 12.7 Å². The number of halogens is 1. The van der Waals surface area contributed by atoms with Gasteiger partial charge in [0.15, 0.2) is 11.6 Å². The Hall–Kier alpha value is -1.25. The van der Waals surface area contributed by atoms with E-state index in [9.17, 15) is 4.39 Å². The van der Waals surface area contributed by atoms with Crippen molar-refractivity contribution in [2.24, 2.45) is 5.92 Å². The molecule has 1 aliphatic carbocycles. The largest absolute Gasteiger partial charge is 0.490 e. The maximum absolute atomic E-state index is 14.3. The molecule has 2 fully saturated rings. The second kappa shape index (κ2) is 6.07. The molecule has 2 rings (SSSR count). The van der Waals surface area contributed by atoms with Crippen LogP contribution in [0.2, 0.25) is 0 Å². The van der Waals surface area contributed by atoms with E-state index < -0.39 is 0 Å². The minimum atomic E-state index is -0.310. The zero-order chi connectivity index (χ0) is 13.0. The molecule has 0 bridgehead atoms. The Balaban J connectivity index is 2.02. The second-order valence-electron chi connectivity index (χ2n) is 5.07. The quantitative estimate of drug-likeness (QED) is 0.526. The van der Waals surface area contributed by atoms with Crippen molar-refractivity contribution in [3.63, 3.8) is 0 Å². The lowest BCUT2D eigenvalue weighted by atomic mass is 10.3. The fourth-order valence-corrected chi connectivity index (χ4v) is 2.10. The zero-order valence-electron chi connectivity index (χ0n) is 11.1. The van der Waals surface area contributed by atoms with E-state index in [-0.39, 0.29) is 5.83 Å². The van der Waals surface area contributed by atoms with Gasteiger partial charge in [-0.05, 0) is 44.6 Å². The maximum Gasteiger partial charge on any atom is 0.187 e. The number of hydrogen-bond acceptors (Lipinski definition) is 2. The van der Waals surface area contributed by atoms with Crippen LogP contribution in [0.4, 0.5) is 4.39 Å². The number of ether oxygens (including phenoxy) is 1. The van der Waals surface area contributed by atoms with Gasteiger partial charge in [0.2, 0.25) is 0 Å². The van der Waals surface area contributed by atoms with Crippen LogP contribution < -0.4 is 0 Å². The summed E-state index contributed by atoms with van der Waals surface area (Å²) in [7, 11) is 0.